The van der Waals surface area contributed by atoms with Gasteiger partial charge >= 0.3 is 0 Å². The van der Waals surface area contributed by atoms with E-state index in [1.54, 1.807) is 20.8 Å². The summed E-state index contributed by atoms with van der Waals surface area (Å²) < 4.78 is 5.77. The molecule has 10 unspecified atom stereocenters. The minimum Gasteiger partial charge on any atom is -0.388 e. The number of ether oxygens (including phenoxy) is 1. The molecule has 1 aliphatic heterocycles. The summed E-state index contributed by atoms with van der Waals surface area (Å²) in [4.78, 5) is 26.5. The van der Waals surface area contributed by atoms with Gasteiger partial charge in [-0.3, -0.25) is 9.59 Å². The zero-order chi connectivity index (χ0) is 23.8. The van der Waals surface area contributed by atoms with Crippen LogP contribution in [-0.4, -0.2) is 61.7 Å². The fraction of sp³-hybridized carbons (Fsp3) is 0.760. The molecule has 2 saturated carbocycles. The third-order valence-corrected chi connectivity index (χ3v) is 8.86. The molecule has 32 heavy (non-hydrogen) atoms. The van der Waals surface area contributed by atoms with Gasteiger partial charge in [0.05, 0.1) is 18.6 Å². The molecular weight excluding hydrogens is 412 g/mol. The molecule has 0 spiro atoms. The lowest BCUT2D eigenvalue weighted by Crippen LogP contribution is -2.81. The second kappa shape index (κ2) is 7.57. The van der Waals surface area contributed by atoms with Gasteiger partial charge in [0.25, 0.3) is 0 Å². The average molecular weight is 449 g/mol. The maximum absolute atomic E-state index is 14.0. The molecule has 7 nitrogen and oxygen atoms in total. The molecule has 0 bridgehead atoms. The summed E-state index contributed by atoms with van der Waals surface area (Å²) in [5.41, 5.74) is -3.53. The molecule has 0 radical (unpaired) electrons. The molecule has 10 atom stereocenters. The highest BCUT2D eigenvalue weighted by Gasteiger charge is 2.77. The van der Waals surface area contributed by atoms with Crippen LogP contribution >= 0.6 is 0 Å². The number of aliphatic hydroxyl groups excluding tert-OH is 1. The SMILES string of the molecule is CC1=CC2(O)C(O)(OC1)C(C)C1CCC(C)C1C2(O)C(=O)C(C)CC1C(=O)C(C)=CC1O. The largest absolute Gasteiger partial charge is 0.388 e. The second-order valence-electron chi connectivity index (χ2n) is 10.9. The first-order chi connectivity index (χ1) is 14.8. The number of allylic oxidation sites excluding steroid dienone is 1. The van der Waals surface area contributed by atoms with Gasteiger partial charge in [-0.1, -0.05) is 27.2 Å². The van der Waals surface area contributed by atoms with E-state index in [4.69, 9.17) is 4.74 Å². The van der Waals surface area contributed by atoms with Gasteiger partial charge < -0.3 is 25.2 Å². The van der Waals surface area contributed by atoms with E-state index in [0.29, 0.717) is 17.6 Å². The van der Waals surface area contributed by atoms with Gasteiger partial charge in [-0.15, -0.1) is 0 Å². The summed E-state index contributed by atoms with van der Waals surface area (Å²) >= 11 is 0. The van der Waals surface area contributed by atoms with Gasteiger partial charge in [0.1, 0.15) is 0 Å². The van der Waals surface area contributed by atoms with Gasteiger partial charge in [-0.2, -0.15) is 0 Å². The highest BCUT2D eigenvalue weighted by Crippen LogP contribution is 2.62. The van der Waals surface area contributed by atoms with E-state index < -0.39 is 52.5 Å². The van der Waals surface area contributed by atoms with Crippen LogP contribution in [0.4, 0.5) is 0 Å². The molecule has 4 rings (SSSR count). The molecule has 178 valence electrons. The Morgan fingerprint density at radius 3 is 2.47 bits per heavy atom. The van der Waals surface area contributed by atoms with Crippen LogP contribution in [0, 0.1) is 35.5 Å². The van der Waals surface area contributed by atoms with Crippen molar-refractivity contribution in [2.24, 2.45) is 35.5 Å². The lowest BCUT2D eigenvalue weighted by molar-refractivity contribution is -0.381. The van der Waals surface area contributed by atoms with Gasteiger partial charge in [0.2, 0.25) is 5.79 Å². The minimum atomic E-state index is -2.32. The molecule has 2 fully saturated rings. The Morgan fingerprint density at radius 1 is 1.22 bits per heavy atom. The Bertz CT molecular complexity index is 893. The van der Waals surface area contributed by atoms with Crippen molar-refractivity contribution in [2.75, 3.05) is 6.61 Å². The fourth-order valence-electron chi connectivity index (χ4n) is 7.12. The maximum Gasteiger partial charge on any atom is 0.205 e. The van der Waals surface area contributed by atoms with E-state index in [0.717, 1.165) is 6.42 Å². The third kappa shape index (κ3) is 2.91. The van der Waals surface area contributed by atoms with Crippen LogP contribution < -0.4 is 0 Å². The Morgan fingerprint density at radius 2 is 1.88 bits per heavy atom. The zero-order valence-corrected chi connectivity index (χ0v) is 19.5. The lowest BCUT2D eigenvalue weighted by atomic mass is 9.51. The average Bonchev–Trinajstić information content (AvgIpc) is 3.23. The molecule has 4 aliphatic rings. The van der Waals surface area contributed by atoms with E-state index in [1.165, 1.54) is 12.2 Å². The summed E-state index contributed by atoms with van der Waals surface area (Å²) in [5, 5.41) is 46.1. The minimum absolute atomic E-state index is 0.0459. The number of carbonyl (C=O) groups excluding carboxylic acids is 2. The molecule has 4 N–H and O–H groups in total. The molecule has 0 aromatic rings. The van der Waals surface area contributed by atoms with Crippen LogP contribution in [-0.2, 0) is 14.3 Å². The number of hydrogen-bond acceptors (Lipinski definition) is 7. The smallest absolute Gasteiger partial charge is 0.205 e. The quantitative estimate of drug-likeness (QED) is 0.481. The van der Waals surface area contributed by atoms with E-state index in [9.17, 15) is 30.0 Å². The first-order valence-corrected chi connectivity index (χ1v) is 11.7. The topological polar surface area (TPSA) is 124 Å². The lowest BCUT2D eigenvalue weighted by Gasteiger charge is -2.62. The molecule has 0 saturated heterocycles. The summed E-state index contributed by atoms with van der Waals surface area (Å²) in [6.45, 7) is 8.85. The Balaban J connectivity index is 1.77. The maximum atomic E-state index is 14.0. The highest BCUT2D eigenvalue weighted by molar-refractivity contribution is 6.00. The first-order valence-electron chi connectivity index (χ1n) is 11.7. The highest BCUT2D eigenvalue weighted by atomic mass is 16.6. The predicted molar refractivity (Wildman–Crippen MR) is 116 cm³/mol. The van der Waals surface area contributed by atoms with Gasteiger partial charge in [0.15, 0.2) is 22.8 Å². The number of fused-ring (bicyclic) bond motifs is 2. The van der Waals surface area contributed by atoms with Crippen molar-refractivity contribution in [3.63, 3.8) is 0 Å². The van der Waals surface area contributed by atoms with Crippen LogP contribution in [0.1, 0.15) is 53.9 Å². The number of hydrogen-bond donors (Lipinski definition) is 4. The van der Waals surface area contributed by atoms with Gasteiger partial charge in [0, 0.05) is 17.8 Å². The van der Waals surface area contributed by atoms with Crippen molar-refractivity contribution in [1.82, 2.24) is 0 Å². The Kier molecular flexibility index (Phi) is 5.62. The Labute approximate surface area is 189 Å². The van der Waals surface area contributed by atoms with Crippen LogP contribution in [0.2, 0.25) is 0 Å². The zero-order valence-electron chi connectivity index (χ0n) is 19.5. The summed E-state index contributed by atoms with van der Waals surface area (Å²) in [7, 11) is 0. The van der Waals surface area contributed by atoms with E-state index in [-0.39, 0.29) is 30.6 Å². The van der Waals surface area contributed by atoms with Crippen LogP contribution in [0.3, 0.4) is 0 Å². The van der Waals surface area contributed by atoms with E-state index in [2.05, 4.69) is 0 Å². The fourth-order valence-corrected chi connectivity index (χ4v) is 7.12. The number of rotatable bonds is 4. The van der Waals surface area contributed by atoms with Crippen LogP contribution in [0.15, 0.2) is 23.3 Å². The summed E-state index contributed by atoms with van der Waals surface area (Å²) in [5.74, 6) is -5.82. The molecule has 0 aromatic carbocycles. The molecule has 0 amide bonds. The summed E-state index contributed by atoms with van der Waals surface area (Å²) in [6, 6.07) is 0. The number of aliphatic hydroxyl groups is 4. The van der Waals surface area contributed by atoms with Crippen molar-refractivity contribution >= 4 is 11.6 Å². The normalized spacial score (nSPS) is 49.2. The molecule has 3 aliphatic carbocycles. The predicted octanol–water partition coefficient (Wildman–Crippen LogP) is 1.53. The van der Waals surface area contributed by atoms with E-state index in [1.807, 2.05) is 13.8 Å². The second-order valence-corrected chi connectivity index (χ2v) is 10.9. The van der Waals surface area contributed by atoms with E-state index >= 15 is 0 Å². The standard InChI is InChI=1S/C25H36O7/c1-12-10-23(29)24(30,22(28)15(4)8-18-19(26)9-14(3)21(18)27)20-13(2)6-7-17(20)16(5)25(23,31)32-11-12/h9-10,13,15-20,26,29-31H,6-8,11H2,1-5H3. The van der Waals surface area contributed by atoms with Crippen molar-refractivity contribution in [2.45, 2.75) is 77.0 Å². The van der Waals surface area contributed by atoms with Crippen molar-refractivity contribution in [3.8, 4) is 0 Å². The summed E-state index contributed by atoms with van der Waals surface area (Å²) in [6.07, 6.45) is 3.45. The van der Waals surface area contributed by atoms with Gasteiger partial charge in [-0.25, -0.2) is 0 Å². The molecule has 0 aromatic heterocycles. The van der Waals surface area contributed by atoms with Crippen LogP contribution in [0.25, 0.3) is 0 Å². The van der Waals surface area contributed by atoms with Crippen LogP contribution in [0.5, 0.6) is 0 Å². The van der Waals surface area contributed by atoms with Crippen molar-refractivity contribution < 1.29 is 34.8 Å². The number of ketones is 2. The molecule has 7 heteroatoms. The third-order valence-electron chi connectivity index (χ3n) is 8.86. The Hall–Kier alpha value is -1.38. The number of carbonyl (C=O) groups is 2. The van der Waals surface area contributed by atoms with Crippen molar-refractivity contribution in [1.29, 1.82) is 0 Å². The van der Waals surface area contributed by atoms with Gasteiger partial charge in [-0.05, 0) is 61.8 Å². The molecule has 1 heterocycles. The number of Topliss-reactive ketones (excluding diaryl/α,β-unsaturated/α-hetero) is 2. The monoisotopic (exact) mass is 448 g/mol. The molecular formula is C25H36O7. The van der Waals surface area contributed by atoms with Crippen molar-refractivity contribution in [3.05, 3.63) is 23.3 Å². The first kappa shape index (κ1) is 23.8.